The fourth-order valence-electron chi connectivity index (χ4n) is 1.43. The van der Waals surface area contributed by atoms with Gasteiger partial charge in [0.2, 0.25) is 0 Å². The van der Waals surface area contributed by atoms with Crippen LogP contribution in [-0.2, 0) is 6.18 Å². The zero-order chi connectivity index (χ0) is 12.8. The van der Waals surface area contributed by atoms with Crippen LogP contribution in [0.3, 0.4) is 0 Å². The minimum atomic E-state index is -4.50. The van der Waals surface area contributed by atoms with E-state index >= 15 is 0 Å². The number of aromatic nitrogens is 1. The van der Waals surface area contributed by atoms with Crippen molar-refractivity contribution in [1.82, 2.24) is 4.98 Å². The van der Waals surface area contributed by atoms with E-state index in [1.807, 2.05) is 0 Å². The highest BCUT2D eigenvalue weighted by Crippen LogP contribution is 2.33. The SMILES string of the molecule is [CH]c1cc2nc(C(F)(F)F)ccc2c(Cl)c1[CH]. The molecule has 1 aromatic carbocycles. The van der Waals surface area contributed by atoms with Crippen LogP contribution in [0.5, 0.6) is 0 Å². The molecule has 0 amide bonds. The summed E-state index contributed by atoms with van der Waals surface area (Å²) in [5.74, 6) is 0. The Morgan fingerprint density at radius 1 is 1.18 bits per heavy atom. The molecule has 0 fully saturated rings. The van der Waals surface area contributed by atoms with Crippen molar-refractivity contribution in [2.45, 2.75) is 6.18 Å². The van der Waals surface area contributed by atoms with E-state index in [0.29, 0.717) is 5.39 Å². The summed E-state index contributed by atoms with van der Waals surface area (Å²) >= 11 is 5.87. The molecule has 0 bridgehead atoms. The van der Waals surface area contributed by atoms with Gasteiger partial charge in [-0.05, 0) is 36.2 Å². The molecule has 0 atom stereocenters. The standard InChI is InChI=1S/C12H5ClF3N/c1-6-5-9-8(11(13)7(6)2)3-4-10(17-9)12(14,15)16/h1-5H. The molecule has 1 aromatic heterocycles. The molecule has 1 heterocycles. The number of pyridine rings is 1. The van der Waals surface area contributed by atoms with E-state index in [0.717, 1.165) is 6.07 Å². The number of fused-ring (bicyclic) bond motifs is 1. The Kier molecular flexibility index (Phi) is 2.78. The molecule has 0 aliphatic rings. The van der Waals surface area contributed by atoms with Crippen molar-refractivity contribution in [3.63, 3.8) is 0 Å². The second kappa shape index (κ2) is 3.88. The van der Waals surface area contributed by atoms with Gasteiger partial charge in [-0.1, -0.05) is 11.6 Å². The fourth-order valence-corrected chi connectivity index (χ4v) is 1.69. The van der Waals surface area contributed by atoms with Crippen LogP contribution in [0.15, 0.2) is 18.2 Å². The first-order valence-corrected chi connectivity index (χ1v) is 4.90. The van der Waals surface area contributed by atoms with Crippen molar-refractivity contribution in [2.24, 2.45) is 0 Å². The average Bonchev–Trinajstić information content (AvgIpc) is 2.24. The highest BCUT2D eigenvalue weighted by molar-refractivity contribution is 6.36. The quantitative estimate of drug-likeness (QED) is 0.693. The summed E-state index contributed by atoms with van der Waals surface area (Å²) in [6.45, 7) is 11.1. The molecule has 1 nitrogen and oxygen atoms in total. The molecule has 0 aliphatic carbocycles. The highest BCUT2D eigenvalue weighted by atomic mass is 35.5. The Labute approximate surface area is 101 Å². The van der Waals surface area contributed by atoms with Crippen LogP contribution in [-0.4, -0.2) is 4.98 Å². The monoisotopic (exact) mass is 255 g/mol. The summed E-state index contributed by atoms with van der Waals surface area (Å²) in [6.07, 6.45) is -4.50. The van der Waals surface area contributed by atoms with Crippen LogP contribution >= 0.6 is 11.6 Å². The van der Waals surface area contributed by atoms with Crippen LogP contribution in [0.2, 0.25) is 5.02 Å². The highest BCUT2D eigenvalue weighted by Gasteiger charge is 2.32. The molecule has 2 rings (SSSR count). The molecule has 0 unspecified atom stereocenters. The number of hydrogen-bond acceptors (Lipinski definition) is 1. The lowest BCUT2D eigenvalue weighted by Crippen LogP contribution is -2.07. The van der Waals surface area contributed by atoms with Crippen LogP contribution in [0.4, 0.5) is 13.2 Å². The van der Waals surface area contributed by atoms with Gasteiger partial charge in [0.1, 0.15) is 5.69 Å². The van der Waals surface area contributed by atoms with Gasteiger partial charge < -0.3 is 0 Å². The smallest absolute Gasteiger partial charge is 0.243 e. The zero-order valence-electron chi connectivity index (χ0n) is 8.35. The van der Waals surface area contributed by atoms with E-state index < -0.39 is 11.9 Å². The fraction of sp³-hybridized carbons (Fsp3) is 0.0833. The maximum Gasteiger partial charge on any atom is 0.433 e. The lowest BCUT2D eigenvalue weighted by molar-refractivity contribution is -0.140. The first kappa shape index (κ1) is 12.2. The third-order valence-corrected chi connectivity index (χ3v) is 2.70. The summed E-state index contributed by atoms with van der Waals surface area (Å²) in [5, 5.41) is 0.451. The number of halogens is 4. The summed E-state index contributed by atoms with van der Waals surface area (Å²) in [4.78, 5) is 3.46. The maximum absolute atomic E-state index is 12.4. The molecule has 5 heteroatoms. The van der Waals surface area contributed by atoms with Crippen molar-refractivity contribution in [2.75, 3.05) is 0 Å². The predicted octanol–water partition coefficient (Wildman–Crippen LogP) is 4.03. The summed E-state index contributed by atoms with van der Waals surface area (Å²) in [7, 11) is 0. The van der Waals surface area contributed by atoms with Gasteiger partial charge in [-0.3, -0.25) is 0 Å². The lowest BCUT2D eigenvalue weighted by Gasteiger charge is -2.10. The second-order valence-electron chi connectivity index (χ2n) is 3.45. The van der Waals surface area contributed by atoms with Gasteiger partial charge >= 0.3 is 6.18 Å². The van der Waals surface area contributed by atoms with Crippen molar-refractivity contribution < 1.29 is 13.2 Å². The summed E-state index contributed by atoms with van der Waals surface area (Å²) < 4.78 is 37.3. The molecular formula is C12H5ClF3N. The van der Waals surface area contributed by atoms with Crippen LogP contribution < -0.4 is 0 Å². The van der Waals surface area contributed by atoms with E-state index in [2.05, 4.69) is 4.98 Å². The molecule has 0 saturated carbocycles. The van der Waals surface area contributed by atoms with Crippen LogP contribution in [0, 0.1) is 13.8 Å². The third-order valence-electron chi connectivity index (χ3n) is 2.29. The molecule has 86 valence electrons. The Morgan fingerprint density at radius 2 is 1.82 bits per heavy atom. The van der Waals surface area contributed by atoms with Crippen molar-refractivity contribution in [3.8, 4) is 0 Å². The summed E-state index contributed by atoms with van der Waals surface area (Å²) in [6, 6.07) is 3.35. The van der Waals surface area contributed by atoms with E-state index in [1.54, 1.807) is 0 Å². The van der Waals surface area contributed by atoms with Crippen LogP contribution in [0.1, 0.15) is 16.8 Å². The Bertz CT molecular complexity index is 590. The van der Waals surface area contributed by atoms with Gasteiger partial charge in [-0.2, -0.15) is 13.2 Å². The molecule has 0 N–H and O–H groups in total. The molecule has 0 spiro atoms. The van der Waals surface area contributed by atoms with Gasteiger partial charge in [-0.15, -0.1) is 0 Å². The number of nitrogens with zero attached hydrogens (tertiary/aromatic N) is 1. The number of hydrogen-bond donors (Lipinski definition) is 0. The first-order chi connectivity index (χ1) is 7.80. The third kappa shape index (κ3) is 2.09. The second-order valence-corrected chi connectivity index (χ2v) is 3.83. The molecule has 0 aliphatic heterocycles. The van der Waals surface area contributed by atoms with Gasteiger partial charge in [0.15, 0.2) is 0 Å². The van der Waals surface area contributed by atoms with Crippen molar-refractivity contribution >= 4 is 22.5 Å². The molecular weight excluding hydrogens is 251 g/mol. The first-order valence-electron chi connectivity index (χ1n) is 4.52. The van der Waals surface area contributed by atoms with Gasteiger partial charge in [0.25, 0.3) is 0 Å². The Hall–Kier alpha value is -1.29. The lowest BCUT2D eigenvalue weighted by atomic mass is 10.1. The van der Waals surface area contributed by atoms with E-state index in [4.69, 9.17) is 25.4 Å². The van der Waals surface area contributed by atoms with Crippen molar-refractivity contribution in [3.05, 3.63) is 53.9 Å². The van der Waals surface area contributed by atoms with Crippen LogP contribution in [0.25, 0.3) is 10.9 Å². The largest absolute Gasteiger partial charge is 0.433 e. The maximum atomic E-state index is 12.4. The summed E-state index contributed by atoms with van der Waals surface area (Å²) in [5.41, 5.74) is -0.684. The van der Waals surface area contributed by atoms with Gasteiger partial charge in [-0.25, -0.2) is 4.98 Å². The molecule has 17 heavy (non-hydrogen) atoms. The van der Waals surface area contributed by atoms with Crippen molar-refractivity contribution in [1.29, 1.82) is 0 Å². The number of alkyl halides is 3. The molecule has 0 saturated heterocycles. The van der Waals surface area contributed by atoms with Gasteiger partial charge in [0.05, 0.1) is 10.5 Å². The zero-order valence-corrected chi connectivity index (χ0v) is 9.10. The topological polar surface area (TPSA) is 12.9 Å². The minimum absolute atomic E-state index is 0.0662. The Morgan fingerprint density at radius 3 is 2.41 bits per heavy atom. The molecule has 4 radical (unpaired) electrons. The number of benzene rings is 1. The Balaban J connectivity index is 2.76. The normalized spacial score (nSPS) is 12.1. The van der Waals surface area contributed by atoms with Gasteiger partial charge in [0, 0.05) is 12.3 Å². The molecule has 2 aromatic rings. The van der Waals surface area contributed by atoms with E-state index in [9.17, 15) is 13.2 Å². The van der Waals surface area contributed by atoms with E-state index in [-0.39, 0.29) is 21.7 Å². The number of rotatable bonds is 0. The minimum Gasteiger partial charge on any atom is -0.243 e. The average molecular weight is 256 g/mol. The van der Waals surface area contributed by atoms with E-state index in [1.165, 1.54) is 12.1 Å². The predicted molar refractivity (Wildman–Crippen MR) is 58.6 cm³/mol.